The lowest BCUT2D eigenvalue weighted by molar-refractivity contribution is -0.118. The van der Waals surface area contributed by atoms with E-state index in [1.807, 2.05) is 30.3 Å². The van der Waals surface area contributed by atoms with Crippen molar-refractivity contribution in [1.29, 1.82) is 0 Å². The van der Waals surface area contributed by atoms with Gasteiger partial charge in [-0.3, -0.25) is 14.7 Å². The Bertz CT molecular complexity index is 1470. The number of nitrogens with zero attached hydrogens (tertiary/aromatic N) is 1. The summed E-state index contributed by atoms with van der Waals surface area (Å²) in [6.07, 6.45) is 0.189. The first-order valence-electron chi connectivity index (χ1n) is 11.2. The molecule has 0 saturated heterocycles. The third kappa shape index (κ3) is 6.02. The van der Waals surface area contributed by atoms with Crippen LogP contribution in [-0.2, 0) is 11.2 Å². The number of rotatable bonds is 8. The number of carbonyl (C=O) groups excluding carboxylic acids is 2. The average molecular weight is 521 g/mol. The van der Waals surface area contributed by atoms with Gasteiger partial charge in [0.2, 0.25) is 5.91 Å². The molecule has 4 aromatic rings. The van der Waals surface area contributed by atoms with Gasteiger partial charge in [0.25, 0.3) is 5.91 Å². The quantitative estimate of drug-likeness (QED) is 0.264. The number of carbonyl (C=O) groups is 3. The van der Waals surface area contributed by atoms with E-state index in [-0.39, 0.29) is 34.0 Å². The van der Waals surface area contributed by atoms with Crippen molar-refractivity contribution in [2.24, 2.45) is 0 Å². The van der Waals surface area contributed by atoms with Crippen molar-refractivity contribution in [1.82, 2.24) is 15.5 Å². The molecule has 4 N–H and O–H groups in total. The third-order valence-corrected chi connectivity index (χ3v) is 5.97. The van der Waals surface area contributed by atoms with Crippen LogP contribution in [0.1, 0.15) is 32.0 Å². The minimum absolute atomic E-state index is 0.0295. The van der Waals surface area contributed by atoms with Gasteiger partial charge in [-0.25, -0.2) is 9.18 Å². The first kappa shape index (κ1) is 25.6. The van der Waals surface area contributed by atoms with E-state index in [2.05, 4.69) is 20.8 Å². The van der Waals surface area contributed by atoms with E-state index in [1.165, 1.54) is 30.3 Å². The number of H-pyrrole nitrogens is 1. The van der Waals surface area contributed by atoms with Gasteiger partial charge in [0, 0.05) is 17.7 Å². The Balaban J connectivity index is 1.55. The molecule has 37 heavy (non-hydrogen) atoms. The smallest absolute Gasteiger partial charge is 0.335 e. The highest BCUT2D eigenvalue weighted by molar-refractivity contribution is 6.31. The van der Waals surface area contributed by atoms with Crippen LogP contribution in [0.25, 0.3) is 11.3 Å². The Kier molecular flexibility index (Phi) is 7.64. The SMILES string of the molecule is Cc1cc(NC(=O)C(Cc2ccccc2)NC(=O)c2cc(-c3cccc(Cl)c3F)n[nH]2)ccc1C(=O)O. The summed E-state index contributed by atoms with van der Waals surface area (Å²) >= 11 is 5.85. The standard InChI is InChI=1S/C27H22ClFN4O4/c1-15-12-17(10-11-18(15)27(36)37)30-25(34)22(13-16-6-3-2-4-7-16)31-26(35)23-14-21(32-33-23)19-8-5-9-20(28)24(19)29/h2-12,14,22H,13H2,1H3,(H,30,34)(H,31,35)(H,32,33)(H,36,37). The van der Waals surface area contributed by atoms with Gasteiger partial charge in [0.05, 0.1) is 16.3 Å². The van der Waals surface area contributed by atoms with Crippen LogP contribution in [0.4, 0.5) is 10.1 Å². The maximum Gasteiger partial charge on any atom is 0.335 e. The van der Waals surface area contributed by atoms with Gasteiger partial charge >= 0.3 is 5.97 Å². The van der Waals surface area contributed by atoms with E-state index in [0.29, 0.717) is 11.3 Å². The highest BCUT2D eigenvalue weighted by Gasteiger charge is 2.24. The van der Waals surface area contributed by atoms with Crippen molar-refractivity contribution in [3.05, 3.63) is 106 Å². The van der Waals surface area contributed by atoms with Crippen LogP contribution in [-0.4, -0.2) is 39.1 Å². The number of anilines is 1. The molecule has 0 radical (unpaired) electrons. The predicted molar refractivity (Wildman–Crippen MR) is 137 cm³/mol. The number of aromatic nitrogens is 2. The molecule has 2 amide bonds. The van der Waals surface area contributed by atoms with E-state index in [9.17, 15) is 23.9 Å². The van der Waals surface area contributed by atoms with Crippen molar-refractivity contribution in [2.75, 3.05) is 5.32 Å². The molecular formula is C27H22ClFN4O4. The van der Waals surface area contributed by atoms with Crippen LogP contribution in [0.15, 0.2) is 72.8 Å². The van der Waals surface area contributed by atoms with E-state index in [1.54, 1.807) is 19.1 Å². The molecule has 0 saturated carbocycles. The second-order valence-electron chi connectivity index (χ2n) is 8.31. The topological polar surface area (TPSA) is 124 Å². The maximum absolute atomic E-state index is 14.4. The molecule has 1 unspecified atom stereocenters. The summed E-state index contributed by atoms with van der Waals surface area (Å²) in [7, 11) is 0. The van der Waals surface area contributed by atoms with Crippen molar-refractivity contribution in [3.63, 3.8) is 0 Å². The van der Waals surface area contributed by atoms with Gasteiger partial charge in [0.15, 0.2) is 5.82 Å². The van der Waals surface area contributed by atoms with Crippen LogP contribution in [0.3, 0.4) is 0 Å². The number of carboxylic acids is 1. The van der Waals surface area contributed by atoms with Crippen molar-refractivity contribution in [3.8, 4) is 11.3 Å². The number of hydrogen-bond acceptors (Lipinski definition) is 4. The summed E-state index contributed by atoms with van der Waals surface area (Å²) in [5.41, 5.74) is 2.14. The van der Waals surface area contributed by atoms with Crippen molar-refractivity contribution < 1.29 is 23.9 Å². The van der Waals surface area contributed by atoms with Gasteiger partial charge in [0.1, 0.15) is 11.7 Å². The maximum atomic E-state index is 14.4. The first-order chi connectivity index (χ1) is 17.7. The molecule has 1 aromatic heterocycles. The second-order valence-corrected chi connectivity index (χ2v) is 8.72. The molecule has 1 atom stereocenters. The summed E-state index contributed by atoms with van der Waals surface area (Å²) in [4.78, 5) is 37.5. The number of aromatic carboxylic acids is 1. The lowest BCUT2D eigenvalue weighted by atomic mass is 10.0. The zero-order valence-corrected chi connectivity index (χ0v) is 20.3. The molecule has 188 valence electrons. The predicted octanol–water partition coefficient (Wildman–Crippen LogP) is 4.86. The minimum Gasteiger partial charge on any atom is -0.478 e. The highest BCUT2D eigenvalue weighted by Crippen LogP contribution is 2.26. The van der Waals surface area contributed by atoms with E-state index in [0.717, 1.165) is 5.56 Å². The minimum atomic E-state index is -1.07. The molecule has 4 rings (SSSR count). The number of carboxylic acid groups (broad SMARTS) is 1. The third-order valence-electron chi connectivity index (χ3n) is 5.68. The summed E-state index contributed by atoms with van der Waals surface area (Å²) in [5.74, 6) is -2.84. The summed E-state index contributed by atoms with van der Waals surface area (Å²) in [5, 5.41) is 21.2. The van der Waals surface area contributed by atoms with Gasteiger partial charge in [-0.15, -0.1) is 0 Å². The highest BCUT2D eigenvalue weighted by atomic mass is 35.5. The Morgan fingerprint density at radius 2 is 1.81 bits per heavy atom. The molecule has 0 aliphatic heterocycles. The molecule has 1 heterocycles. The fraction of sp³-hybridized carbons (Fsp3) is 0.111. The summed E-state index contributed by atoms with van der Waals surface area (Å²) < 4.78 is 14.4. The molecule has 0 fully saturated rings. The van der Waals surface area contributed by atoms with Crippen LogP contribution in [0.5, 0.6) is 0 Å². The zero-order valence-electron chi connectivity index (χ0n) is 19.6. The fourth-order valence-corrected chi connectivity index (χ4v) is 3.96. The fourth-order valence-electron chi connectivity index (χ4n) is 3.78. The average Bonchev–Trinajstić information content (AvgIpc) is 3.36. The Hall–Kier alpha value is -4.50. The molecule has 3 aromatic carbocycles. The Labute approximate surface area is 216 Å². The van der Waals surface area contributed by atoms with Crippen molar-refractivity contribution in [2.45, 2.75) is 19.4 Å². The number of aryl methyl sites for hydroxylation is 1. The summed E-state index contributed by atoms with van der Waals surface area (Å²) in [6.45, 7) is 1.63. The Morgan fingerprint density at radius 3 is 2.51 bits per heavy atom. The second kappa shape index (κ2) is 11.0. The number of aromatic amines is 1. The number of nitrogens with one attached hydrogen (secondary N) is 3. The van der Waals surface area contributed by atoms with Crippen LogP contribution in [0.2, 0.25) is 5.02 Å². The van der Waals surface area contributed by atoms with E-state index >= 15 is 0 Å². The lowest BCUT2D eigenvalue weighted by Gasteiger charge is -2.19. The normalized spacial score (nSPS) is 11.5. The van der Waals surface area contributed by atoms with Gasteiger partial charge in [-0.2, -0.15) is 5.10 Å². The van der Waals surface area contributed by atoms with Crippen LogP contribution >= 0.6 is 11.6 Å². The first-order valence-corrected chi connectivity index (χ1v) is 11.6. The van der Waals surface area contributed by atoms with E-state index < -0.39 is 29.6 Å². The molecule has 0 spiro atoms. The number of benzene rings is 3. The van der Waals surface area contributed by atoms with Gasteiger partial charge in [-0.05, 0) is 54.4 Å². The number of hydrogen-bond donors (Lipinski definition) is 4. The zero-order chi connectivity index (χ0) is 26.5. The monoisotopic (exact) mass is 520 g/mol. The molecule has 0 bridgehead atoms. The molecule has 0 aliphatic carbocycles. The van der Waals surface area contributed by atoms with Crippen LogP contribution in [0, 0.1) is 12.7 Å². The number of halogens is 2. The van der Waals surface area contributed by atoms with Crippen molar-refractivity contribution >= 4 is 35.1 Å². The van der Waals surface area contributed by atoms with E-state index in [4.69, 9.17) is 11.6 Å². The largest absolute Gasteiger partial charge is 0.478 e. The summed E-state index contributed by atoms with van der Waals surface area (Å²) in [6, 6.07) is 18.4. The van der Waals surface area contributed by atoms with Gasteiger partial charge < -0.3 is 15.7 Å². The molecule has 0 aliphatic rings. The van der Waals surface area contributed by atoms with Gasteiger partial charge in [-0.1, -0.05) is 48.0 Å². The molecule has 10 heteroatoms. The lowest BCUT2D eigenvalue weighted by Crippen LogP contribution is -2.45. The molecule has 8 nitrogen and oxygen atoms in total. The number of amides is 2. The molecular weight excluding hydrogens is 499 g/mol. The Morgan fingerprint density at radius 1 is 1.05 bits per heavy atom. The van der Waals surface area contributed by atoms with Crippen LogP contribution < -0.4 is 10.6 Å².